The second-order valence-corrected chi connectivity index (χ2v) is 4.84. The molecule has 2 aromatic rings. The van der Waals surface area contributed by atoms with E-state index in [1.807, 2.05) is 0 Å². The quantitative estimate of drug-likeness (QED) is 0.483. The van der Waals surface area contributed by atoms with E-state index in [9.17, 15) is 14.9 Å². The molecule has 21 heavy (non-hydrogen) atoms. The zero-order valence-corrected chi connectivity index (χ0v) is 11.9. The minimum atomic E-state index is -0.535. The monoisotopic (exact) mass is 305 g/mol. The maximum Gasteiger partial charge on any atom is 0.338 e. The molecule has 0 aliphatic carbocycles. The topological polar surface area (TPSA) is 69.4 Å². The summed E-state index contributed by atoms with van der Waals surface area (Å²) >= 11 is 5.80. The highest BCUT2D eigenvalue weighted by atomic mass is 35.5. The minimum Gasteiger partial charge on any atom is -0.454 e. The molecule has 0 amide bonds. The van der Waals surface area contributed by atoms with Crippen molar-refractivity contribution in [3.63, 3.8) is 0 Å². The molecule has 0 heterocycles. The summed E-state index contributed by atoms with van der Waals surface area (Å²) in [7, 11) is 0. The van der Waals surface area contributed by atoms with Gasteiger partial charge in [-0.15, -0.1) is 0 Å². The molecule has 0 aliphatic rings. The van der Waals surface area contributed by atoms with Gasteiger partial charge < -0.3 is 4.74 Å². The highest BCUT2D eigenvalue weighted by Crippen LogP contribution is 2.21. The molecule has 5 nitrogen and oxygen atoms in total. The van der Waals surface area contributed by atoms with Gasteiger partial charge in [0, 0.05) is 17.2 Å². The number of non-ortho nitro benzene ring substituents is 1. The molecule has 0 saturated heterocycles. The Hall–Kier alpha value is -2.40. The number of ether oxygens (including phenoxy) is 1. The molecule has 2 aromatic carbocycles. The number of hydrogen-bond donors (Lipinski definition) is 0. The van der Waals surface area contributed by atoms with E-state index >= 15 is 0 Å². The van der Waals surface area contributed by atoms with Gasteiger partial charge in [0.05, 0.1) is 10.5 Å². The highest BCUT2D eigenvalue weighted by Gasteiger charge is 2.15. The van der Waals surface area contributed by atoms with Crippen LogP contribution in [0.2, 0.25) is 5.02 Å². The lowest BCUT2D eigenvalue weighted by molar-refractivity contribution is -0.384. The number of nitro benzene ring substituents is 1. The van der Waals surface area contributed by atoms with Crippen LogP contribution in [0.3, 0.4) is 0 Å². The fourth-order valence-electron chi connectivity index (χ4n) is 1.75. The van der Waals surface area contributed by atoms with Crippen molar-refractivity contribution in [1.82, 2.24) is 0 Å². The number of hydrogen-bond acceptors (Lipinski definition) is 4. The van der Waals surface area contributed by atoms with Gasteiger partial charge in [-0.2, -0.15) is 0 Å². The first-order valence-electron chi connectivity index (χ1n) is 6.18. The summed E-state index contributed by atoms with van der Waals surface area (Å²) in [4.78, 5) is 22.0. The molecule has 0 spiro atoms. The molecule has 6 heteroatoms. The lowest BCUT2D eigenvalue weighted by atomic mass is 10.1. The van der Waals surface area contributed by atoms with Crippen molar-refractivity contribution in [2.45, 2.75) is 13.0 Å². The first-order chi connectivity index (χ1) is 9.97. The molecular weight excluding hydrogens is 294 g/mol. The van der Waals surface area contributed by atoms with Crippen LogP contribution in [-0.4, -0.2) is 10.9 Å². The SMILES string of the molecule is CC(OC(=O)c1ccc([N+](=O)[O-])cc1)c1ccc(Cl)cc1. The van der Waals surface area contributed by atoms with Gasteiger partial charge in [0.2, 0.25) is 0 Å². The zero-order chi connectivity index (χ0) is 15.4. The Kier molecular flexibility index (Phi) is 4.55. The van der Waals surface area contributed by atoms with E-state index in [-0.39, 0.29) is 11.3 Å². The Labute approximate surface area is 126 Å². The number of carbonyl (C=O) groups is 1. The Bertz CT molecular complexity index is 652. The van der Waals surface area contributed by atoms with Crippen LogP contribution in [0.4, 0.5) is 5.69 Å². The lowest BCUT2D eigenvalue weighted by Gasteiger charge is -2.13. The van der Waals surface area contributed by atoms with Crippen molar-refractivity contribution in [2.75, 3.05) is 0 Å². The van der Waals surface area contributed by atoms with Crippen LogP contribution in [0.5, 0.6) is 0 Å². The average Bonchev–Trinajstić information content (AvgIpc) is 2.47. The van der Waals surface area contributed by atoms with Gasteiger partial charge in [-0.25, -0.2) is 4.79 Å². The average molecular weight is 306 g/mol. The Balaban J connectivity index is 2.06. The molecule has 108 valence electrons. The molecule has 0 fully saturated rings. The third kappa shape index (κ3) is 3.79. The Morgan fingerprint density at radius 2 is 1.71 bits per heavy atom. The standard InChI is InChI=1S/C15H12ClNO4/c1-10(11-2-6-13(16)7-3-11)21-15(18)12-4-8-14(9-5-12)17(19)20/h2-10H,1H3. The third-order valence-corrected chi connectivity index (χ3v) is 3.19. The maximum atomic E-state index is 12.0. The highest BCUT2D eigenvalue weighted by molar-refractivity contribution is 6.30. The van der Waals surface area contributed by atoms with E-state index in [0.29, 0.717) is 5.02 Å². The normalized spacial score (nSPS) is 11.7. The van der Waals surface area contributed by atoms with Crippen molar-refractivity contribution in [1.29, 1.82) is 0 Å². The van der Waals surface area contributed by atoms with Gasteiger partial charge in [-0.3, -0.25) is 10.1 Å². The Morgan fingerprint density at radius 3 is 2.24 bits per heavy atom. The van der Waals surface area contributed by atoms with E-state index < -0.39 is 17.0 Å². The van der Waals surface area contributed by atoms with Gasteiger partial charge >= 0.3 is 5.97 Å². The number of nitro groups is 1. The number of benzene rings is 2. The molecule has 0 aliphatic heterocycles. The van der Waals surface area contributed by atoms with Crippen molar-refractivity contribution in [3.05, 3.63) is 74.8 Å². The van der Waals surface area contributed by atoms with E-state index in [0.717, 1.165) is 5.56 Å². The molecular formula is C15H12ClNO4. The minimum absolute atomic E-state index is 0.0719. The van der Waals surface area contributed by atoms with E-state index in [1.54, 1.807) is 31.2 Å². The second-order valence-electron chi connectivity index (χ2n) is 4.40. The lowest BCUT2D eigenvalue weighted by Crippen LogP contribution is -2.09. The molecule has 0 radical (unpaired) electrons. The van der Waals surface area contributed by atoms with E-state index in [2.05, 4.69) is 0 Å². The molecule has 1 unspecified atom stereocenters. The fraction of sp³-hybridized carbons (Fsp3) is 0.133. The van der Waals surface area contributed by atoms with Crippen LogP contribution in [0, 0.1) is 10.1 Å². The van der Waals surface area contributed by atoms with Crippen molar-refractivity contribution in [2.24, 2.45) is 0 Å². The smallest absolute Gasteiger partial charge is 0.338 e. The van der Waals surface area contributed by atoms with Crippen LogP contribution in [0.1, 0.15) is 28.9 Å². The number of carbonyl (C=O) groups excluding carboxylic acids is 1. The van der Waals surface area contributed by atoms with Crippen LogP contribution in [0.15, 0.2) is 48.5 Å². The summed E-state index contributed by atoms with van der Waals surface area (Å²) in [5.74, 6) is -0.535. The zero-order valence-electron chi connectivity index (χ0n) is 11.2. The molecule has 0 N–H and O–H groups in total. The predicted molar refractivity (Wildman–Crippen MR) is 78.4 cm³/mol. The van der Waals surface area contributed by atoms with Crippen molar-refractivity contribution >= 4 is 23.3 Å². The molecule has 0 saturated carbocycles. The van der Waals surface area contributed by atoms with Crippen molar-refractivity contribution in [3.8, 4) is 0 Å². The number of esters is 1. The summed E-state index contributed by atoms with van der Waals surface area (Å²) in [5, 5.41) is 11.2. The summed E-state index contributed by atoms with van der Waals surface area (Å²) in [6, 6.07) is 12.3. The summed E-state index contributed by atoms with van der Waals surface area (Å²) < 4.78 is 5.31. The number of nitrogens with zero attached hydrogens (tertiary/aromatic N) is 1. The summed E-state index contributed by atoms with van der Waals surface area (Å²) in [5.41, 5.74) is 1.01. The van der Waals surface area contributed by atoms with E-state index in [1.165, 1.54) is 24.3 Å². The molecule has 1 atom stereocenters. The van der Waals surface area contributed by atoms with Crippen molar-refractivity contribution < 1.29 is 14.5 Å². The molecule has 0 bridgehead atoms. The van der Waals surface area contributed by atoms with Crippen LogP contribution < -0.4 is 0 Å². The van der Waals surface area contributed by atoms with Gasteiger partial charge in [-0.05, 0) is 36.8 Å². The van der Waals surface area contributed by atoms with Gasteiger partial charge in [-0.1, -0.05) is 23.7 Å². The van der Waals surface area contributed by atoms with Crippen LogP contribution >= 0.6 is 11.6 Å². The summed E-state index contributed by atoms with van der Waals surface area (Å²) in [6.45, 7) is 1.74. The predicted octanol–water partition coefficient (Wildman–Crippen LogP) is 4.17. The first kappa shape index (κ1) is 15.0. The first-order valence-corrected chi connectivity index (χ1v) is 6.56. The van der Waals surface area contributed by atoms with Gasteiger partial charge in [0.25, 0.3) is 5.69 Å². The maximum absolute atomic E-state index is 12.0. The van der Waals surface area contributed by atoms with Gasteiger partial charge in [0.1, 0.15) is 6.10 Å². The second kappa shape index (κ2) is 6.37. The summed E-state index contributed by atoms with van der Waals surface area (Å²) in [6.07, 6.45) is -0.440. The molecule has 0 aromatic heterocycles. The largest absolute Gasteiger partial charge is 0.454 e. The van der Waals surface area contributed by atoms with Gasteiger partial charge in [0.15, 0.2) is 0 Å². The Morgan fingerprint density at radius 1 is 1.14 bits per heavy atom. The van der Waals surface area contributed by atoms with Crippen LogP contribution in [-0.2, 0) is 4.74 Å². The number of rotatable bonds is 4. The van der Waals surface area contributed by atoms with Crippen LogP contribution in [0.25, 0.3) is 0 Å². The third-order valence-electron chi connectivity index (χ3n) is 2.94. The number of halogens is 1. The molecule has 2 rings (SSSR count). The van der Waals surface area contributed by atoms with E-state index in [4.69, 9.17) is 16.3 Å². The fourth-order valence-corrected chi connectivity index (χ4v) is 1.88.